The van der Waals surface area contributed by atoms with E-state index in [-0.39, 0.29) is 11.9 Å². The van der Waals surface area contributed by atoms with Crippen molar-refractivity contribution in [1.29, 1.82) is 0 Å². The molecule has 0 fully saturated rings. The van der Waals surface area contributed by atoms with Crippen molar-refractivity contribution in [2.45, 2.75) is 26.3 Å². The van der Waals surface area contributed by atoms with Gasteiger partial charge in [-0.25, -0.2) is 0 Å². The Morgan fingerprint density at radius 1 is 1.47 bits per heavy atom. The van der Waals surface area contributed by atoms with Gasteiger partial charge in [0.15, 0.2) is 0 Å². The number of hydrogen-bond acceptors (Lipinski definition) is 3. The molecule has 0 aliphatic heterocycles. The molecule has 5 heteroatoms. The quantitative estimate of drug-likeness (QED) is 0.565. The van der Waals surface area contributed by atoms with Crippen LogP contribution in [-0.2, 0) is 4.79 Å². The number of carbonyl (C=O) groups is 1. The van der Waals surface area contributed by atoms with Crippen LogP contribution in [0, 0.1) is 3.57 Å². The van der Waals surface area contributed by atoms with Crippen LogP contribution in [0.3, 0.4) is 0 Å². The minimum atomic E-state index is 0.0524. The van der Waals surface area contributed by atoms with Crippen molar-refractivity contribution < 1.29 is 4.79 Å². The average Bonchev–Trinajstić information content (AvgIpc) is 2.20. The number of anilines is 2. The molecule has 0 unspecified atom stereocenters. The molecule has 1 aromatic rings. The van der Waals surface area contributed by atoms with Crippen LogP contribution in [0.15, 0.2) is 18.2 Å². The van der Waals surface area contributed by atoms with E-state index in [0.29, 0.717) is 18.7 Å². The summed E-state index contributed by atoms with van der Waals surface area (Å²) in [5.74, 6) is 0.0524. The minimum absolute atomic E-state index is 0.0524. The van der Waals surface area contributed by atoms with Crippen molar-refractivity contribution in [3.63, 3.8) is 0 Å². The number of amides is 1. The highest BCUT2D eigenvalue weighted by molar-refractivity contribution is 14.1. The summed E-state index contributed by atoms with van der Waals surface area (Å²) in [6.07, 6.45) is 0.448. The van der Waals surface area contributed by atoms with Crippen LogP contribution < -0.4 is 16.4 Å². The van der Waals surface area contributed by atoms with Crippen LogP contribution >= 0.6 is 22.6 Å². The van der Waals surface area contributed by atoms with Crippen molar-refractivity contribution in [1.82, 2.24) is 5.32 Å². The average molecular weight is 347 g/mol. The zero-order valence-electron chi connectivity index (χ0n) is 10.1. The largest absolute Gasteiger partial charge is 0.397 e. The summed E-state index contributed by atoms with van der Waals surface area (Å²) < 4.78 is 1.10. The van der Waals surface area contributed by atoms with Crippen LogP contribution in [0.4, 0.5) is 11.4 Å². The maximum atomic E-state index is 11.4. The number of nitrogen functional groups attached to an aromatic ring is 1. The Morgan fingerprint density at radius 3 is 2.76 bits per heavy atom. The van der Waals surface area contributed by atoms with Crippen LogP contribution in [0.1, 0.15) is 20.3 Å². The highest BCUT2D eigenvalue weighted by atomic mass is 127. The van der Waals surface area contributed by atoms with Crippen molar-refractivity contribution in [3.8, 4) is 0 Å². The Bertz CT molecular complexity index is 393. The molecule has 0 aliphatic carbocycles. The Labute approximate surface area is 115 Å². The summed E-state index contributed by atoms with van der Waals surface area (Å²) in [7, 11) is 0. The molecule has 17 heavy (non-hydrogen) atoms. The molecular formula is C12H18IN3O. The summed E-state index contributed by atoms with van der Waals surface area (Å²) in [4.78, 5) is 11.4. The predicted molar refractivity (Wildman–Crippen MR) is 80.0 cm³/mol. The number of halogens is 1. The fourth-order valence-corrected chi connectivity index (χ4v) is 1.91. The van der Waals surface area contributed by atoms with Crippen LogP contribution in [0.25, 0.3) is 0 Å². The number of benzene rings is 1. The molecule has 0 bridgehead atoms. The standard InChI is InChI=1S/C12H18IN3O/c1-8(2)16-12(17)5-6-15-11-4-3-9(13)7-10(11)14/h3-4,7-8,15H,5-6,14H2,1-2H3,(H,16,17). The Morgan fingerprint density at radius 2 is 2.18 bits per heavy atom. The molecule has 0 aliphatic rings. The molecule has 0 saturated carbocycles. The SMILES string of the molecule is CC(C)NC(=O)CCNc1ccc(I)cc1N. The fourth-order valence-electron chi connectivity index (χ4n) is 1.40. The molecule has 1 aromatic carbocycles. The summed E-state index contributed by atoms with van der Waals surface area (Å²) in [5, 5.41) is 6.00. The molecule has 0 aromatic heterocycles. The first-order chi connectivity index (χ1) is 7.99. The van der Waals surface area contributed by atoms with Crippen molar-refractivity contribution >= 4 is 39.9 Å². The third kappa shape index (κ3) is 5.25. The Hall–Kier alpha value is -0.980. The van der Waals surface area contributed by atoms with E-state index in [9.17, 15) is 4.79 Å². The number of nitrogens with two attached hydrogens (primary N) is 1. The Balaban J connectivity index is 2.38. The predicted octanol–water partition coefficient (Wildman–Crippen LogP) is 2.20. The van der Waals surface area contributed by atoms with Crippen molar-refractivity contribution in [2.24, 2.45) is 0 Å². The summed E-state index contributed by atoms with van der Waals surface area (Å²) in [6.45, 7) is 4.48. The third-order valence-electron chi connectivity index (χ3n) is 2.13. The molecule has 1 amide bonds. The molecule has 0 saturated heterocycles. The molecule has 0 spiro atoms. The van der Waals surface area contributed by atoms with Gasteiger partial charge in [0.2, 0.25) is 5.91 Å². The van der Waals surface area contributed by atoms with Gasteiger partial charge in [0.1, 0.15) is 0 Å². The monoisotopic (exact) mass is 347 g/mol. The van der Waals surface area contributed by atoms with Gasteiger partial charge in [-0.2, -0.15) is 0 Å². The van der Waals surface area contributed by atoms with Gasteiger partial charge in [0, 0.05) is 22.6 Å². The lowest BCUT2D eigenvalue weighted by Gasteiger charge is -2.11. The first-order valence-electron chi connectivity index (χ1n) is 5.57. The maximum absolute atomic E-state index is 11.4. The van der Waals surface area contributed by atoms with E-state index in [1.807, 2.05) is 32.0 Å². The van der Waals surface area contributed by atoms with Crippen LogP contribution in [0.5, 0.6) is 0 Å². The van der Waals surface area contributed by atoms with Gasteiger partial charge in [-0.3, -0.25) is 4.79 Å². The van der Waals surface area contributed by atoms with Crippen LogP contribution in [-0.4, -0.2) is 18.5 Å². The van der Waals surface area contributed by atoms with E-state index in [0.717, 1.165) is 9.26 Å². The first kappa shape index (κ1) is 14.1. The van der Waals surface area contributed by atoms with Gasteiger partial charge in [0.25, 0.3) is 0 Å². The molecule has 94 valence electrons. The minimum Gasteiger partial charge on any atom is -0.397 e. The topological polar surface area (TPSA) is 67.2 Å². The number of rotatable bonds is 5. The van der Waals surface area contributed by atoms with E-state index in [1.165, 1.54) is 0 Å². The van der Waals surface area contributed by atoms with E-state index >= 15 is 0 Å². The number of nitrogens with one attached hydrogen (secondary N) is 2. The molecule has 1 rings (SSSR count). The molecule has 4 nitrogen and oxygen atoms in total. The summed E-state index contributed by atoms with van der Waals surface area (Å²) in [6, 6.07) is 5.99. The Kier molecular flexibility index (Phi) is 5.54. The van der Waals surface area contributed by atoms with Gasteiger partial charge in [0.05, 0.1) is 11.4 Å². The van der Waals surface area contributed by atoms with E-state index in [4.69, 9.17) is 5.73 Å². The van der Waals surface area contributed by atoms with E-state index in [2.05, 4.69) is 33.2 Å². The normalized spacial score (nSPS) is 10.4. The summed E-state index contributed by atoms with van der Waals surface area (Å²) >= 11 is 2.21. The second kappa shape index (κ2) is 6.68. The smallest absolute Gasteiger partial charge is 0.221 e. The molecule has 0 radical (unpaired) electrons. The number of carbonyl (C=O) groups excluding carboxylic acids is 1. The first-order valence-corrected chi connectivity index (χ1v) is 6.65. The maximum Gasteiger partial charge on any atom is 0.221 e. The molecule has 4 N–H and O–H groups in total. The molecular weight excluding hydrogens is 329 g/mol. The second-order valence-electron chi connectivity index (χ2n) is 4.13. The van der Waals surface area contributed by atoms with Gasteiger partial charge in [-0.15, -0.1) is 0 Å². The highest BCUT2D eigenvalue weighted by Crippen LogP contribution is 2.20. The third-order valence-corrected chi connectivity index (χ3v) is 2.80. The van der Waals surface area contributed by atoms with Gasteiger partial charge < -0.3 is 16.4 Å². The van der Waals surface area contributed by atoms with E-state index < -0.39 is 0 Å². The molecule has 0 atom stereocenters. The number of hydrogen-bond donors (Lipinski definition) is 3. The van der Waals surface area contributed by atoms with Crippen molar-refractivity contribution in [2.75, 3.05) is 17.6 Å². The van der Waals surface area contributed by atoms with E-state index in [1.54, 1.807) is 0 Å². The lowest BCUT2D eigenvalue weighted by molar-refractivity contribution is -0.121. The lowest BCUT2D eigenvalue weighted by Crippen LogP contribution is -2.31. The lowest BCUT2D eigenvalue weighted by atomic mass is 10.2. The fraction of sp³-hybridized carbons (Fsp3) is 0.417. The second-order valence-corrected chi connectivity index (χ2v) is 5.38. The summed E-state index contributed by atoms with van der Waals surface area (Å²) in [5.41, 5.74) is 7.44. The highest BCUT2D eigenvalue weighted by Gasteiger charge is 2.03. The van der Waals surface area contributed by atoms with Gasteiger partial charge in [-0.05, 0) is 54.6 Å². The van der Waals surface area contributed by atoms with Crippen molar-refractivity contribution in [3.05, 3.63) is 21.8 Å². The van der Waals surface area contributed by atoms with Crippen LogP contribution in [0.2, 0.25) is 0 Å². The van der Waals surface area contributed by atoms with Gasteiger partial charge in [-0.1, -0.05) is 0 Å². The van der Waals surface area contributed by atoms with Gasteiger partial charge >= 0.3 is 0 Å². The molecule has 0 heterocycles. The zero-order chi connectivity index (χ0) is 12.8. The zero-order valence-corrected chi connectivity index (χ0v) is 12.2.